The van der Waals surface area contributed by atoms with Crippen LogP contribution in [0.25, 0.3) is 0 Å². The maximum absolute atomic E-state index is 13.1. The van der Waals surface area contributed by atoms with Crippen LogP contribution in [-0.2, 0) is 0 Å². The van der Waals surface area contributed by atoms with Crippen LogP contribution in [0, 0.1) is 11.2 Å². The van der Waals surface area contributed by atoms with Crippen LogP contribution in [0.1, 0.15) is 25.5 Å². The van der Waals surface area contributed by atoms with Crippen molar-refractivity contribution in [3.63, 3.8) is 0 Å². The molecule has 84 valence electrons. The monoisotopic (exact) mass is 275 g/mol. The van der Waals surface area contributed by atoms with Gasteiger partial charge in [0.15, 0.2) is 0 Å². The van der Waals surface area contributed by atoms with Crippen LogP contribution >= 0.6 is 15.9 Å². The van der Waals surface area contributed by atoms with Crippen LogP contribution in [0.4, 0.5) is 4.39 Å². The molecule has 1 aromatic rings. The summed E-state index contributed by atoms with van der Waals surface area (Å²) >= 11 is 3.21. The third-order valence-corrected chi connectivity index (χ3v) is 2.95. The first-order chi connectivity index (χ1) is 6.86. The molecule has 0 saturated carbocycles. The van der Waals surface area contributed by atoms with E-state index in [0.29, 0.717) is 10.0 Å². The lowest BCUT2D eigenvalue weighted by molar-refractivity contribution is 0.132. The van der Waals surface area contributed by atoms with Crippen LogP contribution in [0.2, 0.25) is 0 Å². The molecule has 15 heavy (non-hydrogen) atoms. The molecule has 0 aliphatic carbocycles. The topological polar surface area (TPSA) is 46.2 Å². The summed E-state index contributed by atoms with van der Waals surface area (Å²) in [5.74, 6) is -0.330. The normalized spacial score (nSPS) is 14.0. The Balaban J connectivity index is 3.06. The van der Waals surface area contributed by atoms with Gasteiger partial charge in [0, 0.05) is 22.5 Å². The molecule has 0 bridgehead atoms. The Kier molecular flexibility index (Phi) is 3.87. The molecule has 1 atom stereocenters. The number of hydrogen-bond donors (Lipinski definition) is 2. The van der Waals surface area contributed by atoms with Gasteiger partial charge in [-0.3, -0.25) is 0 Å². The third-order valence-electron chi connectivity index (χ3n) is 2.49. The number of benzene rings is 1. The van der Waals surface area contributed by atoms with E-state index in [1.807, 2.05) is 13.8 Å². The SMILES string of the molecule is CC(C)(CO)[C@@H](N)c1cc(F)cc(Br)c1. The maximum Gasteiger partial charge on any atom is 0.124 e. The van der Waals surface area contributed by atoms with E-state index in [-0.39, 0.29) is 12.4 Å². The minimum atomic E-state index is -0.465. The molecule has 0 unspecified atom stereocenters. The van der Waals surface area contributed by atoms with Gasteiger partial charge in [-0.1, -0.05) is 29.8 Å². The first kappa shape index (κ1) is 12.6. The molecule has 0 amide bonds. The van der Waals surface area contributed by atoms with E-state index in [1.165, 1.54) is 12.1 Å². The molecule has 4 heteroatoms. The second kappa shape index (κ2) is 4.60. The van der Waals surface area contributed by atoms with Crippen molar-refractivity contribution < 1.29 is 9.50 Å². The molecule has 0 heterocycles. The van der Waals surface area contributed by atoms with Crippen LogP contribution < -0.4 is 5.73 Å². The van der Waals surface area contributed by atoms with E-state index >= 15 is 0 Å². The van der Waals surface area contributed by atoms with Crippen molar-refractivity contribution >= 4 is 15.9 Å². The average molecular weight is 276 g/mol. The summed E-state index contributed by atoms with van der Waals surface area (Å²) in [6.45, 7) is 3.65. The molecular formula is C11H15BrFNO. The second-order valence-corrected chi connectivity index (χ2v) is 5.24. The highest BCUT2D eigenvalue weighted by Gasteiger charge is 2.27. The van der Waals surface area contributed by atoms with Gasteiger partial charge in [0.25, 0.3) is 0 Å². The van der Waals surface area contributed by atoms with Gasteiger partial charge < -0.3 is 10.8 Å². The Morgan fingerprint density at radius 3 is 2.53 bits per heavy atom. The first-order valence-corrected chi connectivity index (χ1v) is 5.48. The highest BCUT2D eigenvalue weighted by atomic mass is 79.9. The Labute approximate surface area is 97.4 Å². The zero-order valence-electron chi connectivity index (χ0n) is 8.80. The molecule has 0 radical (unpaired) electrons. The van der Waals surface area contributed by atoms with E-state index in [9.17, 15) is 9.50 Å². The van der Waals surface area contributed by atoms with Crippen LogP contribution in [-0.4, -0.2) is 11.7 Å². The number of nitrogens with two attached hydrogens (primary N) is 1. The molecule has 3 N–H and O–H groups in total. The highest BCUT2D eigenvalue weighted by Crippen LogP contribution is 2.32. The Morgan fingerprint density at radius 1 is 1.47 bits per heavy atom. The van der Waals surface area contributed by atoms with Crippen molar-refractivity contribution in [2.45, 2.75) is 19.9 Å². The Hall–Kier alpha value is -0.450. The number of hydrogen-bond acceptors (Lipinski definition) is 2. The van der Waals surface area contributed by atoms with Gasteiger partial charge in [-0.05, 0) is 23.8 Å². The van der Waals surface area contributed by atoms with Gasteiger partial charge in [-0.25, -0.2) is 4.39 Å². The number of aliphatic hydroxyl groups excluding tert-OH is 1. The predicted molar refractivity (Wildman–Crippen MR) is 61.9 cm³/mol. The summed E-state index contributed by atoms with van der Waals surface area (Å²) in [6.07, 6.45) is 0. The summed E-state index contributed by atoms with van der Waals surface area (Å²) in [5.41, 5.74) is 6.19. The molecule has 0 aliphatic rings. The molecule has 0 saturated heterocycles. The lowest BCUT2D eigenvalue weighted by Crippen LogP contribution is -2.32. The number of rotatable bonds is 3. The molecular weight excluding hydrogens is 261 g/mol. The van der Waals surface area contributed by atoms with Crippen molar-refractivity contribution in [1.82, 2.24) is 0 Å². The molecule has 1 aromatic carbocycles. The molecule has 0 fully saturated rings. The van der Waals surface area contributed by atoms with Gasteiger partial charge >= 0.3 is 0 Å². The quantitative estimate of drug-likeness (QED) is 0.891. The lowest BCUT2D eigenvalue weighted by atomic mass is 9.82. The highest BCUT2D eigenvalue weighted by molar-refractivity contribution is 9.10. The largest absolute Gasteiger partial charge is 0.396 e. The molecule has 2 nitrogen and oxygen atoms in total. The van der Waals surface area contributed by atoms with Crippen molar-refractivity contribution in [1.29, 1.82) is 0 Å². The molecule has 1 rings (SSSR count). The zero-order valence-corrected chi connectivity index (χ0v) is 10.4. The van der Waals surface area contributed by atoms with E-state index < -0.39 is 11.5 Å². The van der Waals surface area contributed by atoms with E-state index in [1.54, 1.807) is 6.07 Å². The number of aliphatic hydroxyl groups is 1. The summed E-state index contributed by atoms with van der Waals surface area (Å²) in [5, 5.41) is 9.18. The van der Waals surface area contributed by atoms with Crippen LogP contribution in [0.5, 0.6) is 0 Å². The maximum atomic E-state index is 13.1. The van der Waals surface area contributed by atoms with Crippen molar-refractivity contribution in [3.05, 3.63) is 34.1 Å². The lowest BCUT2D eigenvalue weighted by Gasteiger charge is -2.29. The minimum Gasteiger partial charge on any atom is -0.396 e. The van der Waals surface area contributed by atoms with Crippen LogP contribution in [0.3, 0.4) is 0 Å². The Bertz CT molecular complexity index is 334. The molecule has 0 spiro atoms. The summed E-state index contributed by atoms with van der Waals surface area (Å²) < 4.78 is 13.8. The van der Waals surface area contributed by atoms with Crippen molar-refractivity contribution in [3.8, 4) is 0 Å². The molecule has 0 aliphatic heterocycles. The summed E-state index contributed by atoms with van der Waals surface area (Å²) in [7, 11) is 0. The van der Waals surface area contributed by atoms with Gasteiger partial charge in [0.2, 0.25) is 0 Å². The zero-order chi connectivity index (χ0) is 11.6. The van der Waals surface area contributed by atoms with E-state index in [4.69, 9.17) is 5.73 Å². The standard InChI is InChI=1S/C11H15BrFNO/c1-11(2,6-15)10(14)7-3-8(12)5-9(13)4-7/h3-5,10,15H,6,14H2,1-2H3/t10-/m0/s1. The summed E-state index contributed by atoms with van der Waals surface area (Å²) in [4.78, 5) is 0. The van der Waals surface area contributed by atoms with Crippen molar-refractivity contribution in [2.75, 3.05) is 6.61 Å². The predicted octanol–water partition coefficient (Wildman–Crippen LogP) is 2.61. The van der Waals surface area contributed by atoms with Gasteiger partial charge in [0.05, 0.1) is 0 Å². The minimum absolute atomic E-state index is 0.0394. The third kappa shape index (κ3) is 3.00. The van der Waals surface area contributed by atoms with Gasteiger partial charge in [-0.15, -0.1) is 0 Å². The summed E-state index contributed by atoms with van der Waals surface area (Å²) in [6, 6.07) is 4.15. The fourth-order valence-electron chi connectivity index (χ4n) is 1.30. The van der Waals surface area contributed by atoms with Gasteiger partial charge in [0.1, 0.15) is 5.82 Å². The fourth-order valence-corrected chi connectivity index (χ4v) is 1.79. The number of halogens is 2. The smallest absolute Gasteiger partial charge is 0.124 e. The van der Waals surface area contributed by atoms with Crippen LogP contribution in [0.15, 0.2) is 22.7 Å². The second-order valence-electron chi connectivity index (χ2n) is 4.33. The fraction of sp³-hybridized carbons (Fsp3) is 0.455. The van der Waals surface area contributed by atoms with Crippen molar-refractivity contribution in [2.24, 2.45) is 11.1 Å². The van der Waals surface area contributed by atoms with E-state index in [0.717, 1.165) is 0 Å². The van der Waals surface area contributed by atoms with E-state index in [2.05, 4.69) is 15.9 Å². The van der Waals surface area contributed by atoms with Gasteiger partial charge in [-0.2, -0.15) is 0 Å². The Morgan fingerprint density at radius 2 is 2.07 bits per heavy atom. The molecule has 0 aromatic heterocycles. The average Bonchev–Trinajstić information content (AvgIpc) is 2.15. The first-order valence-electron chi connectivity index (χ1n) is 4.69.